The minimum Gasteiger partial charge on any atom is -0.398 e. The van der Waals surface area contributed by atoms with Gasteiger partial charge in [0.05, 0.1) is 5.92 Å². The highest BCUT2D eigenvalue weighted by molar-refractivity contribution is 9.10. The highest BCUT2D eigenvalue weighted by Gasteiger charge is 2.26. The maximum Gasteiger partial charge on any atom is 0.221 e. The molecule has 1 heterocycles. The number of benzene rings is 1. The van der Waals surface area contributed by atoms with Gasteiger partial charge in [-0.3, -0.25) is 9.69 Å². The lowest BCUT2D eigenvalue weighted by atomic mass is 10.1. The number of halogens is 1. The molecule has 0 aliphatic carbocycles. The van der Waals surface area contributed by atoms with Crippen LogP contribution in [0.3, 0.4) is 0 Å². The van der Waals surface area contributed by atoms with Crippen molar-refractivity contribution in [3.05, 3.63) is 28.2 Å². The number of hydrogen-bond acceptors (Lipinski definition) is 3. The molecule has 0 aromatic heterocycles. The number of nitrogens with zero attached hydrogens (tertiary/aromatic N) is 1. The first-order valence-electron chi connectivity index (χ1n) is 5.62. The van der Waals surface area contributed by atoms with Crippen molar-refractivity contribution in [2.24, 2.45) is 11.7 Å². The lowest BCUT2D eigenvalue weighted by Crippen LogP contribution is -2.27. The number of hydrogen-bond donors (Lipinski definition) is 2. The summed E-state index contributed by atoms with van der Waals surface area (Å²) in [4.78, 5) is 13.3. The van der Waals surface area contributed by atoms with Crippen LogP contribution in [-0.4, -0.2) is 23.9 Å². The SMILES string of the molecule is NC(=O)C1CCN(Cc2cccc(N)c2Br)C1. The van der Waals surface area contributed by atoms with Crippen LogP contribution >= 0.6 is 15.9 Å². The van der Waals surface area contributed by atoms with E-state index in [0.29, 0.717) is 0 Å². The van der Waals surface area contributed by atoms with Gasteiger partial charge in [-0.05, 0) is 40.5 Å². The average molecular weight is 298 g/mol. The Hall–Kier alpha value is -1.07. The van der Waals surface area contributed by atoms with Gasteiger partial charge in [0.1, 0.15) is 0 Å². The second kappa shape index (κ2) is 5.06. The van der Waals surface area contributed by atoms with Gasteiger partial charge >= 0.3 is 0 Å². The highest BCUT2D eigenvalue weighted by Crippen LogP contribution is 2.26. The van der Waals surface area contributed by atoms with Crippen molar-refractivity contribution in [1.29, 1.82) is 0 Å². The van der Waals surface area contributed by atoms with Gasteiger partial charge in [-0.1, -0.05) is 12.1 Å². The molecule has 1 aliphatic rings. The Bertz CT molecular complexity index is 436. The summed E-state index contributed by atoms with van der Waals surface area (Å²) in [6, 6.07) is 5.85. The zero-order valence-electron chi connectivity index (χ0n) is 9.53. The lowest BCUT2D eigenvalue weighted by Gasteiger charge is -2.17. The molecular weight excluding hydrogens is 282 g/mol. The number of primary amides is 1. The van der Waals surface area contributed by atoms with E-state index in [1.165, 1.54) is 0 Å². The van der Waals surface area contributed by atoms with Gasteiger partial charge in [0, 0.05) is 23.2 Å². The van der Waals surface area contributed by atoms with E-state index < -0.39 is 0 Å². The van der Waals surface area contributed by atoms with Crippen molar-refractivity contribution >= 4 is 27.5 Å². The van der Waals surface area contributed by atoms with Crippen molar-refractivity contribution in [3.63, 3.8) is 0 Å². The summed E-state index contributed by atoms with van der Waals surface area (Å²) in [7, 11) is 0. The molecule has 1 aliphatic heterocycles. The molecule has 1 saturated heterocycles. The first-order valence-corrected chi connectivity index (χ1v) is 6.41. The first-order chi connectivity index (χ1) is 8.08. The number of rotatable bonds is 3. The molecule has 17 heavy (non-hydrogen) atoms. The van der Waals surface area contributed by atoms with Crippen LogP contribution in [0.5, 0.6) is 0 Å². The molecule has 1 unspecified atom stereocenters. The van der Waals surface area contributed by atoms with Crippen molar-refractivity contribution in [2.45, 2.75) is 13.0 Å². The Morgan fingerprint density at radius 3 is 2.94 bits per heavy atom. The van der Waals surface area contributed by atoms with Crippen LogP contribution in [0.2, 0.25) is 0 Å². The van der Waals surface area contributed by atoms with E-state index in [1.54, 1.807) is 0 Å². The van der Waals surface area contributed by atoms with Gasteiger partial charge in [0.15, 0.2) is 0 Å². The molecule has 2 rings (SSSR count). The van der Waals surface area contributed by atoms with E-state index in [-0.39, 0.29) is 11.8 Å². The zero-order valence-corrected chi connectivity index (χ0v) is 11.1. The van der Waals surface area contributed by atoms with E-state index in [9.17, 15) is 4.79 Å². The van der Waals surface area contributed by atoms with Crippen molar-refractivity contribution in [2.75, 3.05) is 18.8 Å². The maximum atomic E-state index is 11.1. The number of carbonyl (C=O) groups excluding carboxylic acids is 1. The molecule has 0 saturated carbocycles. The Morgan fingerprint density at radius 1 is 1.53 bits per heavy atom. The summed E-state index contributed by atoms with van der Waals surface area (Å²) >= 11 is 3.49. The normalized spacial score (nSPS) is 20.6. The molecule has 1 amide bonds. The van der Waals surface area contributed by atoms with Gasteiger partial charge in [-0.15, -0.1) is 0 Å². The van der Waals surface area contributed by atoms with Crippen LogP contribution < -0.4 is 11.5 Å². The third kappa shape index (κ3) is 2.79. The fraction of sp³-hybridized carbons (Fsp3) is 0.417. The maximum absolute atomic E-state index is 11.1. The fourth-order valence-electron chi connectivity index (χ4n) is 2.17. The molecule has 5 heteroatoms. The highest BCUT2D eigenvalue weighted by atomic mass is 79.9. The predicted octanol–water partition coefficient (Wildman–Crippen LogP) is 1.34. The molecule has 92 valence electrons. The summed E-state index contributed by atoms with van der Waals surface area (Å²) < 4.78 is 0.947. The molecule has 0 spiro atoms. The number of nitrogen functional groups attached to an aromatic ring is 1. The number of likely N-dealkylation sites (tertiary alicyclic amines) is 1. The molecule has 4 nitrogen and oxygen atoms in total. The molecular formula is C12H16BrN3O. The van der Waals surface area contributed by atoms with Gasteiger partial charge in [-0.25, -0.2) is 0 Å². The minimum absolute atomic E-state index is 0.00478. The van der Waals surface area contributed by atoms with Crippen molar-refractivity contribution in [1.82, 2.24) is 4.90 Å². The van der Waals surface area contributed by atoms with Crippen molar-refractivity contribution in [3.8, 4) is 0 Å². The quantitative estimate of drug-likeness (QED) is 0.827. The molecule has 4 N–H and O–H groups in total. The second-order valence-corrected chi connectivity index (χ2v) is 5.24. The Balaban J connectivity index is 2.03. The third-order valence-corrected chi connectivity index (χ3v) is 4.14. The number of nitrogens with two attached hydrogens (primary N) is 2. The zero-order chi connectivity index (χ0) is 12.4. The van der Waals surface area contributed by atoms with Crippen LogP contribution in [0.15, 0.2) is 22.7 Å². The largest absolute Gasteiger partial charge is 0.398 e. The van der Waals surface area contributed by atoms with Crippen LogP contribution in [0.1, 0.15) is 12.0 Å². The molecule has 1 aromatic rings. The van der Waals surface area contributed by atoms with E-state index in [4.69, 9.17) is 11.5 Å². The van der Waals surface area contributed by atoms with E-state index in [1.807, 2.05) is 18.2 Å². The van der Waals surface area contributed by atoms with E-state index >= 15 is 0 Å². The Labute approximate surface area is 109 Å². The first kappa shape index (κ1) is 12.4. The van der Waals surface area contributed by atoms with E-state index in [0.717, 1.165) is 41.8 Å². The van der Waals surface area contributed by atoms with Gasteiger partial charge < -0.3 is 11.5 Å². The molecule has 1 atom stereocenters. The third-order valence-electron chi connectivity index (χ3n) is 3.18. The number of anilines is 1. The predicted molar refractivity (Wildman–Crippen MR) is 71.1 cm³/mol. The minimum atomic E-state index is -0.195. The van der Waals surface area contributed by atoms with Gasteiger partial charge in [0.2, 0.25) is 5.91 Å². The fourth-order valence-corrected chi connectivity index (χ4v) is 2.56. The average Bonchev–Trinajstić information content (AvgIpc) is 2.73. The lowest BCUT2D eigenvalue weighted by molar-refractivity contribution is -0.121. The molecule has 1 aromatic carbocycles. The van der Waals surface area contributed by atoms with Crippen molar-refractivity contribution < 1.29 is 4.79 Å². The standard InChI is InChI=1S/C12H16BrN3O/c13-11-8(2-1-3-10(11)14)6-16-5-4-9(7-16)12(15)17/h1-3,9H,4-7,14H2,(H2,15,17). The summed E-state index contributed by atoms with van der Waals surface area (Å²) in [5, 5.41) is 0. The molecule has 1 fully saturated rings. The Kier molecular flexibility index (Phi) is 3.69. The van der Waals surface area contributed by atoms with Crippen LogP contribution in [0.25, 0.3) is 0 Å². The van der Waals surface area contributed by atoms with Gasteiger partial charge in [0.25, 0.3) is 0 Å². The molecule has 0 bridgehead atoms. The van der Waals surface area contributed by atoms with Crippen LogP contribution in [-0.2, 0) is 11.3 Å². The summed E-state index contributed by atoms with van der Waals surface area (Å²) in [6.45, 7) is 2.46. The van der Waals surface area contributed by atoms with Crippen LogP contribution in [0, 0.1) is 5.92 Å². The molecule has 0 radical (unpaired) electrons. The topological polar surface area (TPSA) is 72.4 Å². The summed E-state index contributed by atoms with van der Waals surface area (Å²) in [5.74, 6) is -0.200. The van der Waals surface area contributed by atoms with Crippen LogP contribution in [0.4, 0.5) is 5.69 Å². The summed E-state index contributed by atoms with van der Waals surface area (Å²) in [5.41, 5.74) is 13.0. The summed E-state index contributed by atoms with van der Waals surface area (Å²) in [6.07, 6.45) is 0.856. The van der Waals surface area contributed by atoms with E-state index in [2.05, 4.69) is 20.8 Å². The number of carbonyl (C=O) groups is 1. The Morgan fingerprint density at radius 2 is 2.29 bits per heavy atom. The monoisotopic (exact) mass is 297 g/mol. The number of amides is 1. The van der Waals surface area contributed by atoms with Gasteiger partial charge in [-0.2, -0.15) is 0 Å². The smallest absolute Gasteiger partial charge is 0.221 e. The second-order valence-electron chi connectivity index (χ2n) is 4.44.